The first-order chi connectivity index (χ1) is 9.52. The predicted octanol–water partition coefficient (Wildman–Crippen LogP) is 0.802. The van der Waals surface area contributed by atoms with Crippen molar-refractivity contribution in [3.05, 3.63) is 29.6 Å². The molecule has 1 aromatic heterocycles. The molecule has 0 aromatic carbocycles. The summed E-state index contributed by atoms with van der Waals surface area (Å²) < 4.78 is 0. The lowest BCUT2D eigenvalue weighted by atomic mass is 9.92. The van der Waals surface area contributed by atoms with Crippen LogP contribution in [0.3, 0.4) is 0 Å². The molecule has 0 bridgehead atoms. The summed E-state index contributed by atoms with van der Waals surface area (Å²) in [6, 6.07) is 3.12. The first kappa shape index (κ1) is 17.4. The highest BCUT2D eigenvalue weighted by Gasteiger charge is 2.30. The summed E-state index contributed by atoms with van der Waals surface area (Å²) in [5.74, 6) is -0.107. The minimum Gasteiger partial charge on any atom is -0.366 e. The molecule has 1 saturated heterocycles. The summed E-state index contributed by atoms with van der Waals surface area (Å²) in [4.78, 5) is 29.3. The van der Waals surface area contributed by atoms with Gasteiger partial charge >= 0.3 is 0 Å². The van der Waals surface area contributed by atoms with Crippen LogP contribution in [0.5, 0.6) is 0 Å². The standard InChI is InChI=1S/C14H20N4O2.ClH/c1-9-4-5-18(11(6-9)7-15)14(20)12-3-2-10(8-17-12)13(16)19;/h2-3,8-9,11H,4-7,15H2,1H3,(H2,16,19);1H. The molecule has 21 heavy (non-hydrogen) atoms. The highest BCUT2D eigenvalue weighted by molar-refractivity contribution is 5.95. The van der Waals surface area contributed by atoms with Gasteiger partial charge in [-0.3, -0.25) is 14.6 Å². The van der Waals surface area contributed by atoms with Gasteiger partial charge in [-0.05, 0) is 30.9 Å². The fourth-order valence-corrected chi connectivity index (χ4v) is 2.56. The third-order valence-electron chi connectivity index (χ3n) is 3.78. The maximum atomic E-state index is 12.4. The van der Waals surface area contributed by atoms with E-state index in [1.54, 1.807) is 4.90 Å². The van der Waals surface area contributed by atoms with Gasteiger partial charge in [0.15, 0.2) is 0 Å². The molecule has 1 aliphatic heterocycles. The van der Waals surface area contributed by atoms with E-state index in [1.165, 1.54) is 18.3 Å². The van der Waals surface area contributed by atoms with Gasteiger partial charge in [0.2, 0.25) is 5.91 Å². The molecule has 2 atom stereocenters. The molecular weight excluding hydrogens is 292 g/mol. The van der Waals surface area contributed by atoms with Crippen molar-refractivity contribution >= 4 is 24.2 Å². The van der Waals surface area contributed by atoms with E-state index in [0.717, 1.165) is 12.8 Å². The van der Waals surface area contributed by atoms with Gasteiger partial charge in [-0.25, -0.2) is 0 Å². The van der Waals surface area contributed by atoms with E-state index in [0.29, 0.717) is 30.3 Å². The lowest BCUT2D eigenvalue weighted by Crippen LogP contribution is -2.49. The van der Waals surface area contributed by atoms with Crippen LogP contribution < -0.4 is 11.5 Å². The molecule has 2 heterocycles. The summed E-state index contributed by atoms with van der Waals surface area (Å²) in [6.45, 7) is 3.32. The van der Waals surface area contributed by atoms with Gasteiger partial charge in [0, 0.05) is 25.3 Å². The Morgan fingerprint density at radius 2 is 2.14 bits per heavy atom. The van der Waals surface area contributed by atoms with Gasteiger partial charge in [0.1, 0.15) is 5.69 Å². The monoisotopic (exact) mass is 312 g/mol. The van der Waals surface area contributed by atoms with E-state index >= 15 is 0 Å². The maximum Gasteiger partial charge on any atom is 0.272 e. The molecule has 0 radical (unpaired) electrons. The average Bonchev–Trinajstić information content (AvgIpc) is 2.46. The summed E-state index contributed by atoms with van der Waals surface area (Å²) in [5, 5.41) is 0. The number of nitrogens with two attached hydrogens (primary N) is 2. The molecule has 0 saturated carbocycles. The molecule has 2 unspecified atom stereocenters. The van der Waals surface area contributed by atoms with Gasteiger partial charge in [0.05, 0.1) is 5.56 Å². The maximum absolute atomic E-state index is 12.4. The number of carbonyl (C=O) groups excluding carboxylic acids is 2. The van der Waals surface area contributed by atoms with Gasteiger partial charge in [-0.15, -0.1) is 12.4 Å². The number of piperidine rings is 1. The third-order valence-corrected chi connectivity index (χ3v) is 3.78. The van der Waals surface area contributed by atoms with Crippen LogP contribution >= 0.6 is 12.4 Å². The molecule has 2 rings (SSSR count). The molecule has 1 fully saturated rings. The number of amides is 2. The van der Waals surface area contributed by atoms with E-state index in [9.17, 15) is 9.59 Å². The Hall–Kier alpha value is -1.66. The number of pyridine rings is 1. The molecule has 6 nitrogen and oxygen atoms in total. The van der Waals surface area contributed by atoms with Crippen LogP contribution in [0, 0.1) is 5.92 Å². The van der Waals surface area contributed by atoms with Crippen LogP contribution in [0.15, 0.2) is 18.3 Å². The van der Waals surface area contributed by atoms with Crippen LogP contribution in [0.2, 0.25) is 0 Å². The van der Waals surface area contributed by atoms with Crippen molar-refractivity contribution in [3.63, 3.8) is 0 Å². The first-order valence-corrected chi connectivity index (χ1v) is 6.79. The van der Waals surface area contributed by atoms with Crippen molar-refractivity contribution < 1.29 is 9.59 Å². The lowest BCUT2D eigenvalue weighted by Gasteiger charge is -2.37. The number of nitrogens with zero attached hydrogens (tertiary/aromatic N) is 2. The molecule has 1 aliphatic rings. The first-order valence-electron chi connectivity index (χ1n) is 6.79. The van der Waals surface area contributed by atoms with Gasteiger partial charge < -0.3 is 16.4 Å². The zero-order valence-electron chi connectivity index (χ0n) is 12.0. The Kier molecular flexibility index (Phi) is 6.11. The Bertz CT molecular complexity index is 506. The summed E-state index contributed by atoms with van der Waals surface area (Å²) in [6.07, 6.45) is 3.23. The van der Waals surface area contributed by atoms with E-state index in [1.807, 2.05) is 0 Å². The molecule has 2 amide bonds. The number of hydrogen-bond acceptors (Lipinski definition) is 4. The van der Waals surface area contributed by atoms with Crippen LogP contribution in [0.4, 0.5) is 0 Å². The third kappa shape index (κ3) is 3.92. The number of aromatic nitrogens is 1. The lowest BCUT2D eigenvalue weighted by molar-refractivity contribution is 0.0567. The quantitative estimate of drug-likeness (QED) is 0.861. The fourth-order valence-electron chi connectivity index (χ4n) is 2.56. The number of likely N-dealkylation sites (tertiary alicyclic amines) is 1. The topological polar surface area (TPSA) is 102 Å². The van der Waals surface area contributed by atoms with Crippen LogP contribution in [-0.4, -0.2) is 40.8 Å². The number of carbonyl (C=O) groups is 2. The van der Waals surface area contributed by atoms with E-state index in [2.05, 4.69) is 11.9 Å². The minimum atomic E-state index is -0.553. The Balaban J connectivity index is 0.00000220. The fraction of sp³-hybridized carbons (Fsp3) is 0.500. The Morgan fingerprint density at radius 3 is 2.67 bits per heavy atom. The molecule has 4 N–H and O–H groups in total. The van der Waals surface area contributed by atoms with Crippen molar-refractivity contribution in [2.75, 3.05) is 13.1 Å². The molecule has 7 heteroatoms. The predicted molar refractivity (Wildman–Crippen MR) is 82.3 cm³/mol. The zero-order chi connectivity index (χ0) is 14.7. The number of primary amides is 1. The normalized spacial score (nSPS) is 21.5. The Morgan fingerprint density at radius 1 is 1.43 bits per heavy atom. The highest BCUT2D eigenvalue weighted by atomic mass is 35.5. The molecule has 0 spiro atoms. The van der Waals surface area contributed by atoms with Crippen LogP contribution in [-0.2, 0) is 0 Å². The van der Waals surface area contributed by atoms with Gasteiger partial charge in [0.25, 0.3) is 5.91 Å². The van der Waals surface area contributed by atoms with Crippen molar-refractivity contribution in [1.29, 1.82) is 0 Å². The zero-order valence-corrected chi connectivity index (χ0v) is 12.8. The van der Waals surface area contributed by atoms with Gasteiger partial charge in [-0.2, -0.15) is 0 Å². The number of halogens is 1. The number of hydrogen-bond donors (Lipinski definition) is 2. The van der Waals surface area contributed by atoms with E-state index in [4.69, 9.17) is 11.5 Å². The average molecular weight is 313 g/mol. The molecule has 1 aromatic rings. The van der Waals surface area contributed by atoms with Crippen molar-refractivity contribution in [2.45, 2.75) is 25.8 Å². The van der Waals surface area contributed by atoms with Crippen molar-refractivity contribution in [2.24, 2.45) is 17.4 Å². The second-order valence-corrected chi connectivity index (χ2v) is 5.31. The minimum absolute atomic E-state index is 0. The molecular formula is C14H21ClN4O2. The summed E-state index contributed by atoms with van der Waals surface area (Å²) >= 11 is 0. The summed E-state index contributed by atoms with van der Waals surface area (Å²) in [5.41, 5.74) is 11.5. The second kappa shape index (κ2) is 7.38. The van der Waals surface area contributed by atoms with Crippen LogP contribution in [0.25, 0.3) is 0 Å². The van der Waals surface area contributed by atoms with Crippen LogP contribution in [0.1, 0.15) is 40.6 Å². The largest absolute Gasteiger partial charge is 0.366 e. The Labute approximate surface area is 130 Å². The van der Waals surface area contributed by atoms with E-state index in [-0.39, 0.29) is 24.4 Å². The SMILES string of the molecule is CC1CCN(C(=O)c2ccc(C(N)=O)cn2)C(CN)C1.Cl. The second-order valence-electron chi connectivity index (χ2n) is 5.31. The smallest absolute Gasteiger partial charge is 0.272 e. The van der Waals surface area contributed by atoms with Crippen molar-refractivity contribution in [3.8, 4) is 0 Å². The number of rotatable bonds is 3. The highest BCUT2D eigenvalue weighted by Crippen LogP contribution is 2.23. The van der Waals surface area contributed by atoms with E-state index < -0.39 is 5.91 Å². The van der Waals surface area contributed by atoms with Gasteiger partial charge in [-0.1, -0.05) is 6.92 Å². The molecule has 116 valence electrons. The van der Waals surface area contributed by atoms with Crippen molar-refractivity contribution in [1.82, 2.24) is 9.88 Å². The summed E-state index contributed by atoms with van der Waals surface area (Å²) in [7, 11) is 0. The molecule has 0 aliphatic carbocycles.